The lowest BCUT2D eigenvalue weighted by molar-refractivity contribution is -0.172. The molecule has 0 N–H and O–H groups in total. The molecule has 0 aromatic heterocycles. The van der Waals surface area contributed by atoms with Crippen molar-refractivity contribution in [3.63, 3.8) is 0 Å². The molecule has 4 rings (SSSR count). The molecule has 2 atom stereocenters. The van der Waals surface area contributed by atoms with Gasteiger partial charge in [0.05, 0.1) is 35.5 Å². The molecule has 0 heterocycles. The van der Waals surface area contributed by atoms with Gasteiger partial charge in [-0.05, 0) is 183 Å². The Morgan fingerprint density at radius 2 is 0.667 bits per heavy atom. The van der Waals surface area contributed by atoms with Gasteiger partial charge in [-0.1, -0.05) is 128 Å². The van der Waals surface area contributed by atoms with Crippen molar-refractivity contribution in [2.24, 2.45) is 22.7 Å². The van der Waals surface area contributed by atoms with Gasteiger partial charge in [0, 0.05) is 0 Å². The molecule has 16 nitrogen and oxygen atoms in total. The molecule has 84 heavy (non-hydrogen) atoms. The fourth-order valence-electron chi connectivity index (χ4n) is 9.11. The molecule has 504 valence electrons. The Bertz CT molecular complexity index is 1780. The van der Waals surface area contributed by atoms with E-state index in [1.807, 2.05) is 62.3 Å². The molecular weight excluding hydrogens is 1070 g/mol. The highest BCUT2D eigenvalue weighted by Gasteiger charge is 2.37. The number of hydrogen-bond donors (Lipinski definition) is 0. The lowest BCUT2D eigenvalue weighted by Gasteiger charge is -2.36. The number of carbonyl (C=O) groups is 8. The Kier molecular flexibility index (Phi) is 54.7. The van der Waals surface area contributed by atoms with Crippen LogP contribution in [0.1, 0.15) is 323 Å². The van der Waals surface area contributed by atoms with Crippen LogP contribution in [-0.2, 0) is 76.3 Å². The molecule has 0 spiro atoms. The second-order valence-corrected chi connectivity index (χ2v) is 23.5. The zero-order valence-corrected chi connectivity index (χ0v) is 49.9. The number of esters is 8. The molecule has 0 aromatic carbocycles. The van der Waals surface area contributed by atoms with Gasteiger partial charge >= 0.3 is 47.8 Å². The van der Waals surface area contributed by atoms with Crippen molar-refractivity contribution in [2.45, 2.75) is 346 Å². The predicted molar refractivity (Wildman–Crippen MR) is 344 cm³/mol. The zero-order valence-electron chi connectivity index (χ0n) is 49.9. The van der Waals surface area contributed by atoms with Gasteiger partial charge in [-0.15, -0.1) is 0 Å². The number of ether oxygens (including phenoxy) is 8. The third-order valence-electron chi connectivity index (χ3n) is 16.2. The van der Waals surface area contributed by atoms with Crippen LogP contribution in [0, 0.1) is 22.7 Å². The Balaban J connectivity index is -0.000000148. The zero-order chi connectivity index (χ0) is 57.6. The quantitative estimate of drug-likeness (QED) is 0.0650. The SMILES string of the molecule is C.C.C.C.C.C.C.C.CCC(C)(C)C(=O)OCC(=O)OC1(C)CCCC1.CCC(C)C(=O)OCC(=O)OC1(C)CCCC1.CCC(C)C(=O)OCCC(=O)OC1(CC)CCCCC1.CCC1(OC(=O)CCOC(=O)C(C)(C)CC)CCCCC1. The summed E-state index contributed by atoms with van der Waals surface area (Å²) in [6, 6.07) is 0. The Morgan fingerprint density at radius 3 is 0.976 bits per heavy atom. The molecule has 16 heteroatoms. The summed E-state index contributed by atoms with van der Waals surface area (Å²) in [4.78, 5) is 93.3. The molecule has 0 radical (unpaired) electrons. The second kappa shape index (κ2) is 47.9. The van der Waals surface area contributed by atoms with Crippen LogP contribution in [0.15, 0.2) is 0 Å². The molecule has 4 aliphatic rings. The normalized spacial score (nSPS) is 17.0. The first-order valence-electron chi connectivity index (χ1n) is 29.2. The van der Waals surface area contributed by atoms with E-state index in [0.29, 0.717) is 12.8 Å². The molecule has 2 unspecified atom stereocenters. The summed E-state index contributed by atoms with van der Waals surface area (Å²) in [5, 5.41) is 0. The smallest absolute Gasteiger partial charge is 0.344 e. The van der Waals surface area contributed by atoms with Crippen LogP contribution in [-0.4, -0.2) is 96.6 Å². The summed E-state index contributed by atoms with van der Waals surface area (Å²) >= 11 is 0. The Labute approximate surface area is 516 Å². The molecule has 4 fully saturated rings. The monoisotopic (exact) mass is 1210 g/mol. The highest BCUT2D eigenvalue weighted by molar-refractivity contribution is 5.80. The van der Waals surface area contributed by atoms with Crippen molar-refractivity contribution in [3.8, 4) is 0 Å². The highest BCUT2D eigenvalue weighted by atomic mass is 16.6. The lowest BCUT2D eigenvalue weighted by atomic mass is 9.83. The van der Waals surface area contributed by atoms with Crippen molar-refractivity contribution in [2.75, 3.05) is 26.4 Å². The van der Waals surface area contributed by atoms with E-state index in [4.69, 9.17) is 37.9 Å². The van der Waals surface area contributed by atoms with Gasteiger partial charge < -0.3 is 37.9 Å². The van der Waals surface area contributed by atoms with Crippen LogP contribution in [0.4, 0.5) is 0 Å². The Morgan fingerprint density at radius 1 is 0.381 bits per heavy atom. The lowest BCUT2D eigenvalue weighted by Crippen LogP contribution is -2.37. The van der Waals surface area contributed by atoms with Gasteiger partial charge in [-0.2, -0.15) is 0 Å². The first-order chi connectivity index (χ1) is 35.6. The summed E-state index contributed by atoms with van der Waals surface area (Å²) in [5.74, 6) is -2.81. The summed E-state index contributed by atoms with van der Waals surface area (Å²) in [5.41, 5.74) is -2.28. The van der Waals surface area contributed by atoms with E-state index in [2.05, 4.69) is 13.8 Å². The minimum absolute atomic E-state index is 0. The van der Waals surface area contributed by atoms with Crippen LogP contribution in [0.2, 0.25) is 0 Å². The average molecular weight is 1210 g/mol. The third-order valence-corrected chi connectivity index (χ3v) is 16.2. The van der Waals surface area contributed by atoms with Crippen molar-refractivity contribution in [3.05, 3.63) is 0 Å². The van der Waals surface area contributed by atoms with Crippen LogP contribution in [0.25, 0.3) is 0 Å². The topological polar surface area (TPSA) is 210 Å². The number of rotatable bonds is 24. The predicted octanol–water partition coefficient (Wildman–Crippen LogP) is 18.0. The first kappa shape index (κ1) is 96.1. The standard InChI is InChI=1S/C17H30O4.C16H28O4.C14H24O4.C13H22O4.8CH4/c1-5-16(3,4)15(19)20-13-10-14(18)21-17(6-2)11-8-7-9-12-17;1-4-13(3)15(18)19-12-9-14(17)20-16(5-2)10-7-6-8-11-16;1-5-13(2,3)12(16)17-10-11(15)18-14(4)8-6-7-9-14;1-4-10(2)12(15)16-9-11(14)17-13(3)7-5-6-8-13;;;;;;;;/h5-13H2,1-4H3;13H,4-12H2,1-3H3;5-10H2,1-4H3;10H,4-9H2,1-3H3;8*1H4. The van der Waals surface area contributed by atoms with E-state index in [-0.39, 0.29) is 169 Å². The van der Waals surface area contributed by atoms with Crippen molar-refractivity contribution in [1.82, 2.24) is 0 Å². The number of hydrogen-bond acceptors (Lipinski definition) is 16. The van der Waals surface area contributed by atoms with Crippen LogP contribution in [0.3, 0.4) is 0 Å². The minimum Gasteiger partial charge on any atom is -0.465 e. The summed E-state index contributed by atoms with van der Waals surface area (Å²) < 4.78 is 42.2. The van der Waals surface area contributed by atoms with Gasteiger partial charge in [-0.25, -0.2) is 9.59 Å². The molecule has 0 aromatic rings. The minimum atomic E-state index is -0.544. The summed E-state index contributed by atoms with van der Waals surface area (Å²) in [6.07, 6.45) is 23.7. The van der Waals surface area contributed by atoms with Gasteiger partial charge in [0.1, 0.15) is 35.6 Å². The van der Waals surface area contributed by atoms with Crippen molar-refractivity contribution >= 4 is 47.8 Å². The fourth-order valence-corrected chi connectivity index (χ4v) is 9.11. The highest BCUT2D eigenvalue weighted by Crippen LogP contribution is 2.37. The molecule has 0 bridgehead atoms. The van der Waals surface area contributed by atoms with E-state index in [1.54, 1.807) is 20.8 Å². The molecular formula is C68H136O16. The van der Waals surface area contributed by atoms with Crippen LogP contribution < -0.4 is 0 Å². The first-order valence-corrected chi connectivity index (χ1v) is 29.2. The van der Waals surface area contributed by atoms with Crippen LogP contribution in [0.5, 0.6) is 0 Å². The molecule has 4 saturated carbocycles. The van der Waals surface area contributed by atoms with E-state index in [0.717, 1.165) is 128 Å². The number of carbonyl (C=O) groups excluding carboxylic acids is 8. The summed E-state index contributed by atoms with van der Waals surface area (Å²) in [6.45, 7) is 26.3. The molecule has 0 aliphatic heterocycles. The molecule has 0 amide bonds. The van der Waals surface area contributed by atoms with Gasteiger partial charge in [0.2, 0.25) is 0 Å². The fraction of sp³-hybridized carbons (Fsp3) is 0.882. The average Bonchev–Trinajstić information content (AvgIpc) is 4.04. The third kappa shape index (κ3) is 36.7. The van der Waals surface area contributed by atoms with Gasteiger partial charge in [0.25, 0.3) is 0 Å². The largest absolute Gasteiger partial charge is 0.465 e. The van der Waals surface area contributed by atoms with Gasteiger partial charge in [0.15, 0.2) is 13.2 Å². The van der Waals surface area contributed by atoms with Crippen molar-refractivity contribution < 1.29 is 76.3 Å². The molecule has 0 saturated heterocycles. The van der Waals surface area contributed by atoms with E-state index >= 15 is 0 Å². The van der Waals surface area contributed by atoms with E-state index < -0.39 is 22.8 Å². The maximum atomic E-state index is 12.0. The maximum absolute atomic E-state index is 12.0. The van der Waals surface area contributed by atoms with Crippen molar-refractivity contribution in [1.29, 1.82) is 0 Å². The molecule has 4 aliphatic carbocycles. The van der Waals surface area contributed by atoms with E-state index in [9.17, 15) is 38.4 Å². The van der Waals surface area contributed by atoms with E-state index in [1.165, 1.54) is 12.8 Å². The van der Waals surface area contributed by atoms with Gasteiger partial charge in [-0.3, -0.25) is 28.8 Å². The van der Waals surface area contributed by atoms with Crippen LogP contribution >= 0.6 is 0 Å². The second-order valence-electron chi connectivity index (χ2n) is 23.5. The maximum Gasteiger partial charge on any atom is 0.344 e. The Hall–Kier alpha value is -4.24. The summed E-state index contributed by atoms with van der Waals surface area (Å²) in [7, 11) is 0.